The van der Waals surface area contributed by atoms with Crippen LogP contribution >= 0.6 is 11.6 Å². The van der Waals surface area contributed by atoms with Crippen molar-refractivity contribution in [3.63, 3.8) is 0 Å². The Labute approximate surface area is 166 Å². The van der Waals surface area contributed by atoms with Crippen LogP contribution in [0.3, 0.4) is 0 Å². The van der Waals surface area contributed by atoms with E-state index in [0.29, 0.717) is 10.6 Å². The number of esters is 1. The van der Waals surface area contributed by atoms with E-state index in [1.54, 1.807) is 24.3 Å². The van der Waals surface area contributed by atoms with Crippen molar-refractivity contribution < 1.29 is 19.1 Å². The van der Waals surface area contributed by atoms with Crippen LogP contribution in [0.25, 0.3) is 6.08 Å². The van der Waals surface area contributed by atoms with E-state index in [9.17, 15) is 14.4 Å². The van der Waals surface area contributed by atoms with Crippen LogP contribution in [0, 0.1) is 11.3 Å². The average Bonchev–Trinajstić information content (AvgIpc) is 2.66. The molecule has 2 aromatic rings. The molecule has 8 heteroatoms. The number of halogens is 1. The van der Waals surface area contributed by atoms with Gasteiger partial charge in [-0.1, -0.05) is 41.9 Å². The summed E-state index contributed by atoms with van der Waals surface area (Å²) in [5, 5.41) is 14.2. The van der Waals surface area contributed by atoms with Gasteiger partial charge in [0.25, 0.3) is 5.91 Å². The van der Waals surface area contributed by atoms with Gasteiger partial charge in [-0.2, -0.15) is 5.26 Å². The Hall–Kier alpha value is -3.63. The van der Waals surface area contributed by atoms with Gasteiger partial charge >= 0.3 is 5.97 Å². The SMILES string of the molecule is CC(=O)N/C(=C\c1ccccc1)C(=O)OCC(=O)Nc1cc(Cl)ccc1C#N. The molecule has 0 radical (unpaired) electrons. The van der Waals surface area contributed by atoms with E-state index in [4.69, 9.17) is 21.6 Å². The van der Waals surface area contributed by atoms with Gasteiger partial charge in [0.1, 0.15) is 11.8 Å². The van der Waals surface area contributed by atoms with E-state index in [2.05, 4.69) is 10.6 Å². The lowest BCUT2D eigenvalue weighted by Crippen LogP contribution is -2.29. The van der Waals surface area contributed by atoms with Crippen LogP contribution in [0.4, 0.5) is 5.69 Å². The molecule has 28 heavy (non-hydrogen) atoms. The first-order valence-electron chi connectivity index (χ1n) is 8.10. The molecule has 0 spiro atoms. The molecular weight excluding hydrogens is 382 g/mol. The van der Waals surface area contributed by atoms with Crippen molar-refractivity contribution in [3.05, 3.63) is 70.4 Å². The minimum atomic E-state index is -0.874. The molecule has 0 heterocycles. The average molecular weight is 398 g/mol. The third kappa shape index (κ3) is 6.27. The molecule has 0 aliphatic rings. The minimum absolute atomic E-state index is 0.105. The van der Waals surface area contributed by atoms with Gasteiger partial charge in [-0.3, -0.25) is 9.59 Å². The van der Waals surface area contributed by atoms with E-state index in [-0.39, 0.29) is 16.9 Å². The lowest BCUT2D eigenvalue weighted by Gasteiger charge is -2.10. The van der Waals surface area contributed by atoms with E-state index in [1.165, 1.54) is 31.2 Å². The molecule has 2 aromatic carbocycles. The smallest absolute Gasteiger partial charge is 0.355 e. The number of rotatable bonds is 6. The highest BCUT2D eigenvalue weighted by molar-refractivity contribution is 6.31. The van der Waals surface area contributed by atoms with Crippen molar-refractivity contribution in [1.82, 2.24) is 5.32 Å². The summed E-state index contributed by atoms with van der Waals surface area (Å²) < 4.78 is 4.97. The standard InChI is InChI=1S/C20H16ClN3O4/c1-13(25)23-18(9-14-5-3-2-4-6-14)20(27)28-12-19(26)24-17-10-16(21)8-7-15(17)11-22/h2-10H,12H2,1H3,(H,23,25)(H,24,26)/b18-9-. The Morgan fingerprint density at radius 2 is 1.89 bits per heavy atom. The van der Waals surface area contributed by atoms with Crippen molar-refractivity contribution in [3.8, 4) is 6.07 Å². The zero-order valence-electron chi connectivity index (χ0n) is 14.9. The molecule has 0 aliphatic carbocycles. The minimum Gasteiger partial charge on any atom is -0.451 e. The monoisotopic (exact) mass is 397 g/mol. The third-order valence-corrected chi connectivity index (χ3v) is 3.59. The maximum Gasteiger partial charge on any atom is 0.355 e. The second-order valence-corrected chi connectivity index (χ2v) is 6.01. The molecule has 2 amide bonds. The zero-order valence-corrected chi connectivity index (χ0v) is 15.6. The highest BCUT2D eigenvalue weighted by Crippen LogP contribution is 2.20. The van der Waals surface area contributed by atoms with Crippen molar-refractivity contribution >= 4 is 41.1 Å². The second-order valence-electron chi connectivity index (χ2n) is 5.58. The van der Waals surface area contributed by atoms with E-state index in [1.807, 2.05) is 12.1 Å². The fraction of sp³-hybridized carbons (Fsp3) is 0.100. The number of amides is 2. The Morgan fingerprint density at radius 1 is 1.18 bits per heavy atom. The number of anilines is 1. The molecule has 0 saturated carbocycles. The first-order valence-corrected chi connectivity index (χ1v) is 8.48. The number of hydrogen-bond acceptors (Lipinski definition) is 5. The molecular formula is C20H16ClN3O4. The van der Waals surface area contributed by atoms with Crippen molar-refractivity contribution in [2.75, 3.05) is 11.9 Å². The number of nitriles is 1. The number of benzene rings is 2. The summed E-state index contributed by atoms with van der Waals surface area (Å²) in [5.41, 5.74) is 0.988. The van der Waals surface area contributed by atoms with Gasteiger partial charge in [0.05, 0.1) is 11.3 Å². The number of carbonyl (C=O) groups is 3. The molecule has 0 fully saturated rings. The van der Waals surface area contributed by atoms with Gasteiger partial charge in [0.2, 0.25) is 5.91 Å². The largest absolute Gasteiger partial charge is 0.451 e. The van der Waals surface area contributed by atoms with Crippen molar-refractivity contribution in [2.24, 2.45) is 0 Å². The Morgan fingerprint density at radius 3 is 2.54 bits per heavy atom. The van der Waals surface area contributed by atoms with Gasteiger partial charge in [-0.05, 0) is 29.8 Å². The van der Waals surface area contributed by atoms with Crippen LogP contribution in [-0.2, 0) is 19.1 Å². The highest BCUT2D eigenvalue weighted by atomic mass is 35.5. The van der Waals surface area contributed by atoms with Gasteiger partial charge in [-0.25, -0.2) is 4.79 Å². The molecule has 0 saturated heterocycles. The number of hydrogen-bond donors (Lipinski definition) is 2. The fourth-order valence-electron chi connectivity index (χ4n) is 2.16. The summed E-state index contributed by atoms with van der Waals surface area (Å²) in [6.07, 6.45) is 1.44. The number of nitrogens with one attached hydrogen (secondary N) is 2. The molecule has 7 nitrogen and oxygen atoms in total. The Balaban J connectivity index is 2.05. The number of ether oxygens (including phenoxy) is 1. The molecule has 2 rings (SSSR count). The third-order valence-electron chi connectivity index (χ3n) is 3.35. The van der Waals surface area contributed by atoms with Crippen LogP contribution < -0.4 is 10.6 Å². The van der Waals surface area contributed by atoms with Crippen molar-refractivity contribution in [1.29, 1.82) is 5.26 Å². The van der Waals surface area contributed by atoms with Crippen LogP contribution in [0.5, 0.6) is 0 Å². The molecule has 0 aliphatic heterocycles. The van der Waals surface area contributed by atoms with Gasteiger partial charge in [0, 0.05) is 11.9 Å². The maximum absolute atomic E-state index is 12.3. The molecule has 0 aromatic heterocycles. The number of nitrogens with zero attached hydrogens (tertiary/aromatic N) is 1. The van der Waals surface area contributed by atoms with Crippen LogP contribution in [0.15, 0.2) is 54.2 Å². The van der Waals surface area contributed by atoms with E-state index < -0.39 is 24.4 Å². The first-order chi connectivity index (χ1) is 13.4. The van der Waals surface area contributed by atoms with Gasteiger partial charge in [-0.15, -0.1) is 0 Å². The predicted molar refractivity (Wildman–Crippen MR) is 104 cm³/mol. The molecule has 0 unspecified atom stereocenters. The topological polar surface area (TPSA) is 108 Å². The lowest BCUT2D eigenvalue weighted by atomic mass is 10.2. The predicted octanol–water partition coefficient (Wildman–Crippen LogP) is 2.87. The summed E-state index contributed by atoms with van der Waals surface area (Å²) in [5.74, 6) is -1.99. The Bertz CT molecular complexity index is 965. The van der Waals surface area contributed by atoms with Crippen molar-refractivity contribution in [2.45, 2.75) is 6.92 Å². The van der Waals surface area contributed by atoms with E-state index in [0.717, 1.165) is 0 Å². The maximum atomic E-state index is 12.3. The summed E-state index contributed by atoms with van der Waals surface area (Å²) in [6.45, 7) is 0.642. The zero-order chi connectivity index (χ0) is 20.5. The van der Waals surface area contributed by atoms with Crippen LogP contribution in [-0.4, -0.2) is 24.4 Å². The normalized spacial score (nSPS) is 10.5. The molecule has 2 N–H and O–H groups in total. The van der Waals surface area contributed by atoms with Crippen LogP contribution in [0.2, 0.25) is 5.02 Å². The molecule has 0 bridgehead atoms. The summed E-state index contributed by atoms with van der Waals surface area (Å²) in [6, 6.07) is 15.1. The van der Waals surface area contributed by atoms with Crippen LogP contribution in [0.1, 0.15) is 18.1 Å². The van der Waals surface area contributed by atoms with E-state index >= 15 is 0 Å². The summed E-state index contributed by atoms with van der Waals surface area (Å²) >= 11 is 5.86. The van der Waals surface area contributed by atoms with Gasteiger partial charge < -0.3 is 15.4 Å². The lowest BCUT2D eigenvalue weighted by molar-refractivity contribution is -0.144. The second kappa shape index (κ2) is 9.90. The van der Waals surface area contributed by atoms with Gasteiger partial charge in [0.15, 0.2) is 6.61 Å². The number of carbonyl (C=O) groups excluding carboxylic acids is 3. The first kappa shape index (κ1) is 20.7. The molecule has 142 valence electrons. The summed E-state index contributed by atoms with van der Waals surface area (Å²) in [4.78, 5) is 35.7. The fourth-order valence-corrected chi connectivity index (χ4v) is 2.34. The Kier molecular flexibility index (Phi) is 7.31. The quantitative estimate of drug-likeness (QED) is 0.575. The molecule has 0 atom stereocenters. The highest BCUT2D eigenvalue weighted by Gasteiger charge is 2.16. The summed E-state index contributed by atoms with van der Waals surface area (Å²) in [7, 11) is 0.